The van der Waals surface area contributed by atoms with Crippen LogP contribution in [-0.2, 0) is 0 Å². The number of hydrazine groups is 2. The number of rotatable bonds is 10. The zero-order valence-electron chi connectivity index (χ0n) is 21.2. The molecule has 4 aromatic carbocycles. The molecule has 0 atom stereocenters. The van der Waals surface area contributed by atoms with Crippen molar-refractivity contribution in [1.29, 1.82) is 0 Å². The number of urea groups is 2. The monoisotopic (exact) mass is 556 g/mol. The molecule has 0 aliphatic carbocycles. The molecule has 13 heteroatoms. The summed E-state index contributed by atoms with van der Waals surface area (Å²) in [5.74, 6) is -1.04. The van der Waals surface area contributed by atoms with Gasteiger partial charge in [0.15, 0.2) is 0 Å². The van der Waals surface area contributed by atoms with Crippen LogP contribution in [0.2, 0.25) is 0 Å². The van der Waals surface area contributed by atoms with E-state index in [-0.39, 0.29) is 11.1 Å². The summed E-state index contributed by atoms with van der Waals surface area (Å²) in [6.45, 7) is 0. The lowest BCUT2D eigenvalue weighted by Gasteiger charge is -2.12. The Morgan fingerprint density at radius 2 is 0.780 bits per heavy atom. The first kappa shape index (κ1) is 27.8. The van der Waals surface area contributed by atoms with Gasteiger partial charge in [-0.05, 0) is 97.1 Å². The minimum atomic E-state index is -1.04. The highest BCUT2D eigenvalue weighted by Crippen LogP contribution is 2.24. The normalized spacial score (nSPS) is 10.0. The number of amides is 4. The number of nitrogens with one attached hydrogen (secondary N) is 6. The fourth-order valence-electron chi connectivity index (χ4n) is 3.32. The lowest BCUT2D eigenvalue weighted by molar-refractivity contribution is 0.0686. The van der Waals surface area contributed by atoms with Crippen LogP contribution in [0.25, 0.3) is 0 Å². The Hall–Kier alpha value is -6.24. The summed E-state index contributed by atoms with van der Waals surface area (Å²) in [4.78, 5) is 46.0. The quantitative estimate of drug-likeness (QED) is 0.122. The smallest absolute Gasteiger partial charge is 0.337 e. The first-order chi connectivity index (χ1) is 19.7. The van der Waals surface area contributed by atoms with E-state index in [1.54, 1.807) is 48.5 Å². The van der Waals surface area contributed by atoms with Gasteiger partial charge in [0.2, 0.25) is 0 Å². The van der Waals surface area contributed by atoms with Gasteiger partial charge in [-0.25, -0.2) is 19.2 Å². The molecule has 0 bridgehead atoms. The maximum absolute atomic E-state index is 12.1. The van der Waals surface area contributed by atoms with Crippen LogP contribution in [0.1, 0.15) is 20.7 Å². The van der Waals surface area contributed by atoms with Crippen molar-refractivity contribution in [3.63, 3.8) is 0 Å². The Bertz CT molecular complexity index is 1410. The molecule has 0 aliphatic heterocycles. The molecule has 4 rings (SSSR count). The number of hydrogen-bond acceptors (Lipinski definition) is 7. The van der Waals surface area contributed by atoms with Gasteiger partial charge < -0.3 is 25.6 Å². The number of aromatic carboxylic acids is 2. The Morgan fingerprint density at radius 1 is 0.463 bits per heavy atom. The van der Waals surface area contributed by atoms with E-state index in [4.69, 9.17) is 14.9 Å². The van der Waals surface area contributed by atoms with Crippen molar-refractivity contribution in [3.05, 3.63) is 108 Å². The van der Waals surface area contributed by atoms with Crippen LogP contribution in [-0.4, -0.2) is 34.2 Å². The molecular weight excluding hydrogens is 532 g/mol. The van der Waals surface area contributed by atoms with Crippen LogP contribution in [0.4, 0.5) is 32.3 Å². The van der Waals surface area contributed by atoms with Crippen molar-refractivity contribution in [2.45, 2.75) is 0 Å². The molecule has 13 nitrogen and oxygen atoms in total. The van der Waals surface area contributed by atoms with E-state index in [0.29, 0.717) is 34.2 Å². The third-order valence-electron chi connectivity index (χ3n) is 5.36. The molecule has 0 unspecified atom stereocenters. The van der Waals surface area contributed by atoms with Crippen LogP contribution >= 0.6 is 0 Å². The molecule has 0 spiro atoms. The molecule has 0 aromatic heterocycles. The molecule has 0 radical (unpaired) electrons. The van der Waals surface area contributed by atoms with E-state index in [0.717, 1.165) is 0 Å². The number of benzene rings is 4. The number of carbonyl (C=O) groups excluding carboxylic acids is 2. The molecule has 0 heterocycles. The summed E-state index contributed by atoms with van der Waals surface area (Å²) in [6, 6.07) is 24.0. The van der Waals surface area contributed by atoms with Crippen molar-refractivity contribution < 1.29 is 34.1 Å². The lowest BCUT2D eigenvalue weighted by atomic mass is 10.2. The van der Waals surface area contributed by atoms with Gasteiger partial charge in [-0.1, -0.05) is 0 Å². The van der Waals surface area contributed by atoms with Gasteiger partial charge >= 0.3 is 24.0 Å². The second kappa shape index (κ2) is 13.0. The number of carboxylic acids is 2. The van der Waals surface area contributed by atoms with E-state index in [2.05, 4.69) is 32.3 Å². The maximum atomic E-state index is 12.1. The van der Waals surface area contributed by atoms with E-state index in [9.17, 15) is 19.2 Å². The summed E-state index contributed by atoms with van der Waals surface area (Å²) in [7, 11) is 0. The van der Waals surface area contributed by atoms with Crippen LogP contribution in [0.5, 0.6) is 11.5 Å². The highest BCUT2D eigenvalue weighted by Gasteiger charge is 2.06. The topological polar surface area (TPSA) is 190 Å². The number of hydrogen-bond donors (Lipinski definition) is 8. The third kappa shape index (κ3) is 8.38. The lowest BCUT2D eigenvalue weighted by Crippen LogP contribution is -2.33. The molecule has 0 aliphatic rings. The average Bonchev–Trinajstić information content (AvgIpc) is 2.97. The fraction of sp³-hybridized carbons (Fsp3) is 0. The molecule has 0 fully saturated rings. The zero-order valence-corrected chi connectivity index (χ0v) is 21.2. The number of anilines is 4. The predicted molar refractivity (Wildman–Crippen MR) is 151 cm³/mol. The van der Waals surface area contributed by atoms with E-state index < -0.39 is 24.0 Å². The molecule has 41 heavy (non-hydrogen) atoms. The molecule has 8 N–H and O–H groups in total. The Kier molecular flexibility index (Phi) is 8.82. The van der Waals surface area contributed by atoms with Crippen molar-refractivity contribution in [3.8, 4) is 11.5 Å². The van der Waals surface area contributed by atoms with Gasteiger partial charge in [-0.3, -0.25) is 21.7 Å². The summed E-state index contributed by atoms with van der Waals surface area (Å²) < 4.78 is 5.80. The summed E-state index contributed by atoms with van der Waals surface area (Å²) >= 11 is 0. The number of carboxylic acid groups (broad SMARTS) is 2. The maximum Gasteiger partial charge on any atom is 0.337 e. The standard InChI is InChI=1S/C28H24N6O7/c35-25(36)17-1-5-21(6-2-17)31-33-27(39)29-19-9-13-23(14-10-19)41-24-15-11-20(12-16-24)30-28(40)34-32-22-7-3-18(4-8-22)26(37)38/h1-16,31-32H,(H,35,36)(H,37,38)(H2,29,33,39)(H2,30,34,40). The van der Waals surface area contributed by atoms with Gasteiger partial charge in [-0.15, -0.1) is 0 Å². The zero-order chi connectivity index (χ0) is 29.2. The molecule has 208 valence electrons. The minimum absolute atomic E-state index is 0.135. The largest absolute Gasteiger partial charge is 0.478 e. The molecule has 0 saturated heterocycles. The van der Waals surface area contributed by atoms with Crippen LogP contribution in [0, 0.1) is 0 Å². The summed E-state index contributed by atoms with van der Waals surface area (Å²) in [6.07, 6.45) is 0. The van der Waals surface area contributed by atoms with Gasteiger partial charge in [0.25, 0.3) is 0 Å². The second-order valence-electron chi connectivity index (χ2n) is 8.32. The summed E-state index contributed by atoms with van der Waals surface area (Å²) in [5, 5.41) is 23.1. The first-order valence-corrected chi connectivity index (χ1v) is 12.0. The summed E-state index contributed by atoms with van der Waals surface area (Å²) in [5.41, 5.74) is 12.6. The van der Waals surface area contributed by atoms with E-state index in [1.165, 1.54) is 48.5 Å². The van der Waals surface area contributed by atoms with Crippen molar-refractivity contribution in [1.82, 2.24) is 10.9 Å². The highest BCUT2D eigenvalue weighted by atomic mass is 16.5. The fourth-order valence-corrected chi connectivity index (χ4v) is 3.32. The predicted octanol–water partition coefficient (Wildman–Crippen LogP) is 5.17. The number of ether oxygens (including phenoxy) is 1. The number of carbonyl (C=O) groups is 4. The van der Waals surface area contributed by atoms with Crippen LogP contribution < -0.4 is 37.1 Å². The molecule has 0 saturated carbocycles. The van der Waals surface area contributed by atoms with Gasteiger partial charge in [0.1, 0.15) is 11.5 Å². The van der Waals surface area contributed by atoms with Crippen molar-refractivity contribution in [2.75, 3.05) is 21.5 Å². The van der Waals surface area contributed by atoms with Gasteiger partial charge in [-0.2, -0.15) is 0 Å². The van der Waals surface area contributed by atoms with Crippen molar-refractivity contribution in [2.24, 2.45) is 0 Å². The van der Waals surface area contributed by atoms with Crippen LogP contribution in [0.3, 0.4) is 0 Å². The van der Waals surface area contributed by atoms with E-state index >= 15 is 0 Å². The van der Waals surface area contributed by atoms with Crippen LogP contribution in [0.15, 0.2) is 97.1 Å². The average molecular weight is 557 g/mol. The van der Waals surface area contributed by atoms with E-state index in [1.807, 2.05) is 0 Å². The Balaban J connectivity index is 1.20. The Labute approximate surface area is 233 Å². The minimum Gasteiger partial charge on any atom is -0.478 e. The molecule has 4 aromatic rings. The van der Waals surface area contributed by atoms with Gasteiger partial charge in [0, 0.05) is 11.4 Å². The Morgan fingerprint density at radius 3 is 1.10 bits per heavy atom. The van der Waals surface area contributed by atoms with Crippen molar-refractivity contribution >= 4 is 46.8 Å². The molecule has 4 amide bonds. The molecular formula is C28H24N6O7. The third-order valence-corrected chi connectivity index (χ3v) is 5.36. The second-order valence-corrected chi connectivity index (χ2v) is 8.32. The SMILES string of the molecule is O=C(NNc1ccc(C(=O)O)cc1)Nc1ccc(Oc2ccc(NC(=O)NNc3ccc(C(=O)O)cc3)cc2)cc1. The highest BCUT2D eigenvalue weighted by molar-refractivity contribution is 5.91. The van der Waals surface area contributed by atoms with Gasteiger partial charge in [0.05, 0.1) is 22.5 Å². The first-order valence-electron chi connectivity index (χ1n) is 12.0.